The van der Waals surface area contributed by atoms with Crippen molar-refractivity contribution >= 4 is 40.8 Å². The van der Waals surface area contributed by atoms with Gasteiger partial charge in [-0.1, -0.05) is 41.4 Å². The molecule has 1 fully saturated rings. The molecule has 2 bridgehead atoms. The number of fused-ring (bicyclic) bond motifs is 2. The molecule has 4 rings (SSSR count). The highest BCUT2D eigenvalue weighted by Crippen LogP contribution is 2.42. The molecule has 0 spiro atoms. The topological polar surface area (TPSA) is 29.6 Å². The van der Waals surface area contributed by atoms with E-state index in [1.54, 1.807) is 23.5 Å². The Morgan fingerprint density at radius 2 is 2.15 bits per heavy atom. The van der Waals surface area contributed by atoms with Crippen LogP contribution < -0.4 is 4.80 Å². The molecule has 1 saturated carbocycles. The Morgan fingerprint density at radius 3 is 2.85 bits per heavy atom. The summed E-state index contributed by atoms with van der Waals surface area (Å²) in [5.41, 5.74) is 1.83. The number of allylic oxidation sites excluding steroid dienone is 2. The van der Waals surface area contributed by atoms with Crippen LogP contribution in [-0.2, 0) is 0 Å². The summed E-state index contributed by atoms with van der Waals surface area (Å²) in [5.74, 6) is 1.84. The summed E-state index contributed by atoms with van der Waals surface area (Å²) in [4.78, 5) is 5.41. The molecule has 2 aliphatic carbocycles. The average molecular weight is 404 g/mol. The van der Waals surface area contributed by atoms with Crippen LogP contribution in [0.15, 0.2) is 58.5 Å². The monoisotopic (exact) mass is 403 g/mol. The largest absolute Gasteiger partial charge is 0.253 e. The van der Waals surface area contributed by atoms with Crippen LogP contribution >= 0.6 is 34.5 Å². The van der Waals surface area contributed by atoms with Gasteiger partial charge in [-0.2, -0.15) is 5.10 Å². The van der Waals surface area contributed by atoms with Crippen LogP contribution in [0, 0.1) is 17.8 Å². The molecule has 3 nitrogen and oxygen atoms in total. The van der Waals surface area contributed by atoms with Gasteiger partial charge in [-0.25, -0.2) is 4.68 Å². The van der Waals surface area contributed by atoms with E-state index in [0.717, 1.165) is 22.0 Å². The third kappa shape index (κ3) is 3.46. The summed E-state index contributed by atoms with van der Waals surface area (Å²) in [6, 6.07) is 5.53. The number of thiazole rings is 1. The minimum absolute atomic E-state index is 0.498. The van der Waals surface area contributed by atoms with E-state index in [1.807, 2.05) is 22.2 Å². The second-order valence-corrected chi connectivity index (χ2v) is 8.36. The van der Waals surface area contributed by atoms with Crippen LogP contribution in [0.4, 0.5) is 0 Å². The lowest BCUT2D eigenvalue weighted by Crippen LogP contribution is -2.15. The Labute approximate surface area is 167 Å². The highest BCUT2D eigenvalue weighted by atomic mass is 35.5. The Kier molecular flexibility index (Phi) is 5.16. The van der Waals surface area contributed by atoms with E-state index in [-0.39, 0.29) is 0 Å². The molecule has 0 N–H and O–H groups in total. The summed E-state index contributed by atoms with van der Waals surface area (Å²) >= 11 is 14.0. The second-order valence-electron chi connectivity index (χ2n) is 6.68. The minimum Gasteiger partial charge on any atom is -0.253 e. The lowest BCUT2D eigenvalue weighted by molar-refractivity contribution is 0.590. The number of aromatic nitrogens is 1. The first-order valence-corrected chi connectivity index (χ1v) is 10.3. The van der Waals surface area contributed by atoms with Crippen LogP contribution in [-0.4, -0.2) is 17.4 Å². The van der Waals surface area contributed by atoms with Gasteiger partial charge in [0.15, 0.2) is 0 Å². The Hall–Kier alpha value is -1.62. The zero-order chi connectivity index (χ0) is 18.1. The highest BCUT2D eigenvalue weighted by molar-refractivity contribution is 7.07. The smallest absolute Gasteiger partial charge is 0.206 e. The first-order valence-electron chi connectivity index (χ1n) is 8.66. The third-order valence-corrected chi connectivity index (χ3v) is 6.35. The van der Waals surface area contributed by atoms with Gasteiger partial charge in [0.2, 0.25) is 4.80 Å². The van der Waals surface area contributed by atoms with E-state index in [9.17, 15) is 0 Å². The van der Waals surface area contributed by atoms with Crippen molar-refractivity contribution in [3.63, 3.8) is 0 Å². The number of nitrogens with zero attached hydrogens (tertiary/aromatic N) is 3. The predicted molar refractivity (Wildman–Crippen MR) is 111 cm³/mol. The van der Waals surface area contributed by atoms with E-state index >= 15 is 0 Å². The molecule has 0 amide bonds. The van der Waals surface area contributed by atoms with Gasteiger partial charge < -0.3 is 0 Å². The molecule has 2 aliphatic rings. The van der Waals surface area contributed by atoms with E-state index in [1.165, 1.54) is 12.8 Å². The summed E-state index contributed by atoms with van der Waals surface area (Å²) in [5, 5.41) is 8.07. The molecular formula is C20H19Cl2N3S. The normalized spacial score (nSPS) is 24.8. The van der Waals surface area contributed by atoms with Gasteiger partial charge in [-0.05, 0) is 42.9 Å². The molecule has 0 radical (unpaired) electrons. The quantitative estimate of drug-likeness (QED) is 0.455. The van der Waals surface area contributed by atoms with Crippen LogP contribution in [0.25, 0.3) is 11.3 Å². The molecule has 3 atom stereocenters. The molecule has 0 aliphatic heterocycles. The third-order valence-electron chi connectivity index (χ3n) is 4.95. The van der Waals surface area contributed by atoms with Crippen molar-refractivity contribution in [2.24, 2.45) is 27.8 Å². The van der Waals surface area contributed by atoms with Gasteiger partial charge in [0.25, 0.3) is 0 Å². The second kappa shape index (κ2) is 7.55. The van der Waals surface area contributed by atoms with Crippen molar-refractivity contribution < 1.29 is 0 Å². The van der Waals surface area contributed by atoms with Crippen LogP contribution in [0.1, 0.15) is 12.8 Å². The van der Waals surface area contributed by atoms with Crippen LogP contribution in [0.3, 0.4) is 0 Å². The first-order chi connectivity index (χ1) is 12.7. The van der Waals surface area contributed by atoms with Gasteiger partial charge in [0.1, 0.15) is 0 Å². The van der Waals surface area contributed by atoms with Crippen molar-refractivity contribution in [3.8, 4) is 11.3 Å². The Morgan fingerprint density at radius 1 is 1.27 bits per heavy atom. The summed E-state index contributed by atoms with van der Waals surface area (Å²) in [7, 11) is 0. The van der Waals surface area contributed by atoms with E-state index in [4.69, 9.17) is 28.3 Å². The van der Waals surface area contributed by atoms with Crippen molar-refractivity contribution in [2.75, 3.05) is 6.54 Å². The van der Waals surface area contributed by atoms with E-state index in [0.29, 0.717) is 28.4 Å². The van der Waals surface area contributed by atoms with Gasteiger partial charge in [0.05, 0.1) is 17.3 Å². The van der Waals surface area contributed by atoms with Crippen LogP contribution in [0.5, 0.6) is 0 Å². The van der Waals surface area contributed by atoms with Gasteiger partial charge in [-0.3, -0.25) is 4.99 Å². The number of hydrogen-bond acceptors (Lipinski definition) is 3. The molecule has 3 unspecified atom stereocenters. The van der Waals surface area contributed by atoms with Gasteiger partial charge in [-0.15, -0.1) is 17.9 Å². The molecule has 26 heavy (non-hydrogen) atoms. The molecule has 134 valence electrons. The molecule has 2 aromatic rings. The fourth-order valence-electron chi connectivity index (χ4n) is 3.69. The SMILES string of the molecule is C=CCN=c1scc(-c2ccc(Cl)cc2Cl)n1N=CC1CC2C=CC1C2. The maximum Gasteiger partial charge on any atom is 0.206 e. The molecular weight excluding hydrogens is 385 g/mol. The van der Waals surface area contributed by atoms with Gasteiger partial charge in [0, 0.05) is 28.1 Å². The number of halogens is 2. The summed E-state index contributed by atoms with van der Waals surface area (Å²) in [6.45, 7) is 4.31. The van der Waals surface area contributed by atoms with Crippen LogP contribution in [0.2, 0.25) is 10.0 Å². The molecule has 1 aromatic carbocycles. The Bertz CT molecular complexity index is 954. The van der Waals surface area contributed by atoms with Crippen molar-refractivity contribution in [1.82, 2.24) is 4.68 Å². The molecule has 1 heterocycles. The summed E-state index contributed by atoms with van der Waals surface area (Å²) < 4.78 is 1.89. The molecule has 6 heteroatoms. The molecule has 0 saturated heterocycles. The van der Waals surface area contributed by atoms with Crippen molar-refractivity contribution in [1.29, 1.82) is 0 Å². The van der Waals surface area contributed by atoms with Gasteiger partial charge >= 0.3 is 0 Å². The molecule has 1 aromatic heterocycles. The predicted octanol–water partition coefficient (Wildman–Crippen LogP) is 5.66. The minimum atomic E-state index is 0.498. The first kappa shape index (κ1) is 17.8. The number of benzene rings is 1. The standard InChI is InChI=1S/C20H19Cl2N3S/c1-2-7-23-20-25(24-11-15-9-13-3-4-14(15)8-13)19(12-26-20)17-6-5-16(21)10-18(17)22/h2-6,10-15H,1,7-9H2. The fourth-order valence-corrected chi connectivity index (χ4v) is 5.04. The zero-order valence-electron chi connectivity index (χ0n) is 14.2. The number of hydrogen-bond donors (Lipinski definition) is 0. The van der Waals surface area contributed by atoms with Crippen molar-refractivity contribution in [2.45, 2.75) is 12.8 Å². The lowest BCUT2D eigenvalue weighted by Gasteiger charge is -2.13. The average Bonchev–Trinajstić information content (AvgIpc) is 3.33. The number of rotatable bonds is 5. The maximum atomic E-state index is 6.43. The zero-order valence-corrected chi connectivity index (χ0v) is 16.5. The maximum absolute atomic E-state index is 6.43. The fraction of sp³-hybridized carbons (Fsp3) is 0.300. The lowest BCUT2D eigenvalue weighted by atomic mass is 9.95. The van der Waals surface area contributed by atoms with E-state index < -0.39 is 0 Å². The van der Waals surface area contributed by atoms with Crippen molar-refractivity contribution in [3.05, 3.63) is 63.2 Å². The summed E-state index contributed by atoms with van der Waals surface area (Å²) in [6.07, 6.45) is 11.0. The Balaban J connectivity index is 1.74. The highest BCUT2D eigenvalue weighted by Gasteiger charge is 2.34. The van der Waals surface area contributed by atoms with E-state index in [2.05, 4.69) is 29.9 Å².